The van der Waals surface area contributed by atoms with Gasteiger partial charge in [0.15, 0.2) is 17.5 Å². The van der Waals surface area contributed by atoms with Gasteiger partial charge in [-0.15, -0.1) is 11.3 Å². The summed E-state index contributed by atoms with van der Waals surface area (Å²) < 4.78 is 11.7. The van der Waals surface area contributed by atoms with E-state index in [0.29, 0.717) is 13.2 Å². The molecule has 0 saturated heterocycles. The van der Waals surface area contributed by atoms with Crippen molar-refractivity contribution in [3.8, 4) is 11.5 Å². The third-order valence-electron chi connectivity index (χ3n) is 4.06. The Labute approximate surface area is 158 Å². The minimum Gasteiger partial charge on any atom is -0.486 e. The fourth-order valence-corrected chi connectivity index (χ4v) is 3.54. The lowest BCUT2D eigenvalue weighted by Crippen LogP contribution is -2.45. The number of nitrogens with one attached hydrogen (secondary N) is 2. The molecule has 7 heteroatoms. The molecule has 1 aliphatic heterocycles. The summed E-state index contributed by atoms with van der Waals surface area (Å²) in [6.45, 7) is 4.10. The summed E-state index contributed by atoms with van der Waals surface area (Å²) in [6.07, 6.45) is 3.21. The van der Waals surface area contributed by atoms with Crippen LogP contribution in [0.2, 0.25) is 0 Å². The van der Waals surface area contributed by atoms with Gasteiger partial charge in [0.25, 0.3) is 0 Å². The summed E-state index contributed by atoms with van der Waals surface area (Å²) in [5.74, 6) is 2.39. The van der Waals surface area contributed by atoms with E-state index in [9.17, 15) is 0 Å². The average Bonchev–Trinajstić information content (AvgIpc) is 3.09. The van der Waals surface area contributed by atoms with Gasteiger partial charge in [0.05, 0.1) is 11.6 Å². The fraction of sp³-hybridized carbons (Fsp3) is 0.474. The van der Waals surface area contributed by atoms with Gasteiger partial charge in [-0.25, -0.2) is 4.98 Å². The second kappa shape index (κ2) is 9.43. The van der Waals surface area contributed by atoms with Crippen molar-refractivity contribution in [1.29, 1.82) is 0 Å². The highest BCUT2D eigenvalue weighted by Gasteiger charge is 2.20. The lowest BCUT2D eigenvalue weighted by atomic mass is 10.2. The molecule has 0 radical (unpaired) electrons. The maximum absolute atomic E-state index is 5.94. The normalized spacial score (nSPS) is 16.4. The summed E-state index contributed by atoms with van der Waals surface area (Å²) in [6, 6.07) is 7.75. The van der Waals surface area contributed by atoms with Crippen LogP contribution in [0.25, 0.3) is 0 Å². The zero-order chi connectivity index (χ0) is 18.2. The smallest absolute Gasteiger partial charge is 0.191 e. The van der Waals surface area contributed by atoms with E-state index in [-0.39, 0.29) is 6.10 Å². The Hall–Kier alpha value is -2.28. The number of hydrogen-bond acceptors (Lipinski definition) is 5. The highest BCUT2D eigenvalue weighted by Crippen LogP contribution is 2.30. The molecule has 2 N–H and O–H groups in total. The van der Waals surface area contributed by atoms with E-state index in [1.165, 1.54) is 5.01 Å². The van der Waals surface area contributed by atoms with E-state index in [2.05, 4.69) is 26.0 Å². The number of aliphatic imine (C=N–C) groups is 1. The maximum Gasteiger partial charge on any atom is 0.191 e. The Morgan fingerprint density at radius 3 is 2.88 bits per heavy atom. The predicted molar refractivity (Wildman–Crippen MR) is 106 cm³/mol. The van der Waals surface area contributed by atoms with E-state index >= 15 is 0 Å². The number of nitrogens with zero attached hydrogens (tertiary/aromatic N) is 2. The number of para-hydroxylation sites is 2. The van der Waals surface area contributed by atoms with Gasteiger partial charge < -0.3 is 20.1 Å². The first-order chi connectivity index (χ1) is 12.7. The summed E-state index contributed by atoms with van der Waals surface area (Å²) in [5, 5.41) is 9.98. The Morgan fingerprint density at radius 1 is 1.27 bits per heavy atom. The van der Waals surface area contributed by atoms with Crippen LogP contribution in [0.4, 0.5) is 0 Å². The molecule has 140 valence electrons. The minimum atomic E-state index is -0.0309. The molecule has 0 aliphatic carbocycles. The quantitative estimate of drug-likeness (QED) is 0.443. The molecule has 0 fully saturated rings. The number of unbranched alkanes of at least 4 members (excludes halogenated alkanes) is 1. The zero-order valence-corrected chi connectivity index (χ0v) is 16.1. The van der Waals surface area contributed by atoms with Crippen LogP contribution in [0.15, 0.2) is 34.6 Å². The molecule has 3 rings (SSSR count). The minimum absolute atomic E-state index is 0.0309. The van der Waals surface area contributed by atoms with Crippen molar-refractivity contribution >= 4 is 17.3 Å². The highest BCUT2D eigenvalue weighted by atomic mass is 32.1. The number of ether oxygens (including phenoxy) is 2. The lowest BCUT2D eigenvalue weighted by Gasteiger charge is -2.27. The van der Waals surface area contributed by atoms with Crippen molar-refractivity contribution < 1.29 is 9.47 Å². The van der Waals surface area contributed by atoms with Crippen molar-refractivity contribution in [1.82, 2.24) is 15.6 Å². The molecule has 0 saturated carbocycles. The molecular weight excluding hydrogens is 348 g/mol. The van der Waals surface area contributed by atoms with Gasteiger partial charge in [-0.05, 0) is 38.3 Å². The highest BCUT2D eigenvalue weighted by molar-refractivity contribution is 7.09. The van der Waals surface area contributed by atoms with Crippen LogP contribution in [0.5, 0.6) is 11.5 Å². The Morgan fingerprint density at radius 2 is 2.12 bits per heavy atom. The van der Waals surface area contributed by atoms with Gasteiger partial charge in [0.1, 0.15) is 12.7 Å². The number of thiazole rings is 1. The number of fused-ring (bicyclic) bond motifs is 1. The van der Waals surface area contributed by atoms with Crippen LogP contribution in [0.3, 0.4) is 0 Å². The number of aryl methyl sites for hydroxylation is 2. The molecule has 1 unspecified atom stereocenters. The molecule has 1 aromatic carbocycles. The molecular formula is C19H26N4O2S. The average molecular weight is 375 g/mol. The predicted octanol–water partition coefficient (Wildman–Crippen LogP) is 2.78. The van der Waals surface area contributed by atoms with E-state index in [0.717, 1.165) is 49.0 Å². The summed E-state index contributed by atoms with van der Waals surface area (Å²) in [5.41, 5.74) is 1.12. The second-order valence-electron chi connectivity index (χ2n) is 6.22. The first-order valence-electron chi connectivity index (χ1n) is 8.98. The SMILES string of the molecule is CN=C(NCCCCc1nc(C)cs1)NCC1COc2ccccc2O1. The Bertz CT molecular complexity index is 732. The molecule has 2 aromatic rings. The van der Waals surface area contributed by atoms with Gasteiger partial charge >= 0.3 is 0 Å². The maximum atomic E-state index is 5.94. The molecule has 0 amide bonds. The van der Waals surface area contributed by atoms with Gasteiger partial charge in [-0.2, -0.15) is 0 Å². The molecule has 26 heavy (non-hydrogen) atoms. The molecule has 0 spiro atoms. The third kappa shape index (κ3) is 5.36. The molecule has 6 nitrogen and oxygen atoms in total. The van der Waals surface area contributed by atoms with Crippen molar-refractivity contribution in [2.75, 3.05) is 26.7 Å². The van der Waals surface area contributed by atoms with E-state index in [1.807, 2.05) is 31.2 Å². The number of rotatable bonds is 7. The number of guanidine groups is 1. The fourth-order valence-electron chi connectivity index (χ4n) is 2.72. The molecule has 1 atom stereocenters. The van der Waals surface area contributed by atoms with Crippen LogP contribution in [0.1, 0.15) is 23.5 Å². The summed E-state index contributed by atoms with van der Waals surface area (Å²) in [4.78, 5) is 8.76. The number of benzene rings is 1. The molecule has 2 heterocycles. The first-order valence-corrected chi connectivity index (χ1v) is 9.86. The van der Waals surface area contributed by atoms with Crippen molar-refractivity contribution in [3.63, 3.8) is 0 Å². The molecule has 0 bridgehead atoms. The van der Waals surface area contributed by atoms with Crippen molar-refractivity contribution in [2.45, 2.75) is 32.3 Å². The van der Waals surface area contributed by atoms with Crippen LogP contribution in [-0.2, 0) is 6.42 Å². The van der Waals surface area contributed by atoms with Crippen molar-refractivity contribution in [3.05, 3.63) is 40.3 Å². The second-order valence-corrected chi connectivity index (χ2v) is 7.16. The van der Waals surface area contributed by atoms with E-state index in [1.54, 1.807) is 18.4 Å². The summed E-state index contributed by atoms with van der Waals surface area (Å²) in [7, 11) is 1.78. The van der Waals surface area contributed by atoms with Gasteiger partial charge in [-0.3, -0.25) is 4.99 Å². The van der Waals surface area contributed by atoms with Crippen LogP contribution in [-0.4, -0.2) is 43.8 Å². The van der Waals surface area contributed by atoms with Crippen LogP contribution < -0.4 is 20.1 Å². The van der Waals surface area contributed by atoms with Crippen molar-refractivity contribution in [2.24, 2.45) is 4.99 Å². The topological polar surface area (TPSA) is 67.8 Å². The Kier molecular flexibility index (Phi) is 6.71. The van der Waals surface area contributed by atoms with Gasteiger partial charge in [0.2, 0.25) is 0 Å². The monoisotopic (exact) mass is 374 g/mol. The standard InChI is InChI=1S/C19H26N4O2S/c1-14-13-26-18(23-14)9-5-6-10-21-19(20-2)22-11-15-12-24-16-7-3-4-8-17(16)25-15/h3-4,7-8,13,15H,5-6,9-12H2,1-2H3,(H2,20,21,22). The number of aromatic nitrogens is 1. The van der Waals surface area contributed by atoms with E-state index < -0.39 is 0 Å². The number of hydrogen-bond donors (Lipinski definition) is 2. The van der Waals surface area contributed by atoms with Gasteiger partial charge in [0, 0.05) is 24.7 Å². The van der Waals surface area contributed by atoms with Crippen LogP contribution in [0, 0.1) is 6.92 Å². The van der Waals surface area contributed by atoms with Crippen LogP contribution >= 0.6 is 11.3 Å². The summed E-state index contributed by atoms with van der Waals surface area (Å²) >= 11 is 1.74. The largest absolute Gasteiger partial charge is 0.486 e. The molecule has 1 aromatic heterocycles. The third-order valence-corrected chi connectivity index (χ3v) is 5.09. The Balaban J connectivity index is 1.32. The first kappa shape index (κ1) is 18.5. The lowest BCUT2D eigenvalue weighted by molar-refractivity contribution is 0.0936. The molecule has 1 aliphatic rings. The zero-order valence-electron chi connectivity index (χ0n) is 15.3. The van der Waals surface area contributed by atoms with E-state index in [4.69, 9.17) is 9.47 Å². The van der Waals surface area contributed by atoms with Gasteiger partial charge in [-0.1, -0.05) is 12.1 Å².